The maximum Gasteiger partial charge on any atom is 0.348 e. The Morgan fingerprint density at radius 2 is 2.00 bits per heavy atom. The summed E-state index contributed by atoms with van der Waals surface area (Å²) < 4.78 is 5.04. The Morgan fingerprint density at radius 3 is 2.73 bits per heavy atom. The Hall–Kier alpha value is -2.18. The molecule has 1 aliphatic carbocycles. The van der Waals surface area contributed by atoms with Gasteiger partial charge in [0.25, 0.3) is 11.8 Å². The topological polar surface area (TPSA) is 72.5 Å². The second-order valence-corrected chi connectivity index (χ2v) is 7.94. The molecule has 26 heavy (non-hydrogen) atoms. The second-order valence-electron chi connectivity index (χ2n) is 6.37. The van der Waals surface area contributed by atoms with Crippen molar-refractivity contribution in [1.82, 2.24) is 5.32 Å². The van der Waals surface area contributed by atoms with Crippen LogP contribution in [0.25, 0.3) is 0 Å². The Morgan fingerprint density at radius 1 is 1.27 bits per heavy atom. The second kappa shape index (κ2) is 8.01. The summed E-state index contributed by atoms with van der Waals surface area (Å²) in [6.07, 6.45) is 3.07. The van der Waals surface area contributed by atoms with E-state index in [0.29, 0.717) is 21.4 Å². The molecule has 7 heteroatoms. The number of imide groups is 1. The number of carbonyl (C=O) groups excluding carboxylic acids is 3. The van der Waals surface area contributed by atoms with E-state index in [9.17, 15) is 14.4 Å². The van der Waals surface area contributed by atoms with Gasteiger partial charge in [-0.25, -0.2) is 4.79 Å². The fourth-order valence-corrected chi connectivity index (χ4v) is 4.07. The Kier molecular flexibility index (Phi) is 5.74. The number of carbonyl (C=O) groups is 3. The first kappa shape index (κ1) is 18.6. The first-order chi connectivity index (χ1) is 12.4. The van der Waals surface area contributed by atoms with Crippen LogP contribution in [0.3, 0.4) is 0 Å². The van der Waals surface area contributed by atoms with Crippen LogP contribution < -0.4 is 5.32 Å². The van der Waals surface area contributed by atoms with Gasteiger partial charge in [0.15, 0.2) is 6.61 Å². The summed E-state index contributed by atoms with van der Waals surface area (Å²) >= 11 is 7.18. The smallest absolute Gasteiger partial charge is 0.348 e. The van der Waals surface area contributed by atoms with Crippen molar-refractivity contribution < 1.29 is 19.1 Å². The molecule has 0 saturated heterocycles. The number of amides is 2. The monoisotopic (exact) mass is 391 g/mol. The molecule has 1 aliphatic rings. The van der Waals surface area contributed by atoms with Crippen LogP contribution in [0.2, 0.25) is 5.02 Å². The molecule has 2 aromatic rings. The summed E-state index contributed by atoms with van der Waals surface area (Å²) in [6, 6.07) is 7.98. The zero-order valence-electron chi connectivity index (χ0n) is 14.2. The summed E-state index contributed by atoms with van der Waals surface area (Å²) in [5.74, 6) is -1.16. The maximum atomic E-state index is 12.2. The van der Waals surface area contributed by atoms with E-state index in [1.54, 1.807) is 12.1 Å². The first-order valence-electron chi connectivity index (χ1n) is 8.31. The number of esters is 1. The minimum absolute atomic E-state index is 0.300. The van der Waals surface area contributed by atoms with Crippen LogP contribution in [0.15, 0.2) is 30.3 Å². The van der Waals surface area contributed by atoms with Crippen molar-refractivity contribution in [2.45, 2.75) is 26.2 Å². The van der Waals surface area contributed by atoms with Gasteiger partial charge in [0.05, 0.1) is 0 Å². The predicted molar refractivity (Wildman–Crippen MR) is 99.7 cm³/mol. The molecule has 1 heterocycles. The number of fused-ring (bicyclic) bond motifs is 1. The van der Waals surface area contributed by atoms with Crippen LogP contribution >= 0.6 is 22.9 Å². The molecule has 136 valence electrons. The number of benzene rings is 1. The van der Waals surface area contributed by atoms with E-state index < -0.39 is 24.4 Å². The van der Waals surface area contributed by atoms with E-state index in [-0.39, 0.29) is 0 Å². The normalized spacial score (nSPS) is 15.8. The third-order valence-electron chi connectivity index (χ3n) is 4.22. The van der Waals surface area contributed by atoms with E-state index in [2.05, 4.69) is 12.2 Å². The van der Waals surface area contributed by atoms with Crippen LogP contribution in [0.4, 0.5) is 0 Å². The lowest BCUT2D eigenvalue weighted by Crippen LogP contribution is -2.34. The van der Waals surface area contributed by atoms with E-state index in [1.807, 2.05) is 6.07 Å². The van der Waals surface area contributed by atoms with Crippen LogP contribution in [-0.2, 0) is 22.4 Å². The fourth-order valence-electron chi connectivity index (χ4n) is 2.84. The number of ether oxygens (including phenoxy) is 1. The quantitative estimate of drug-likeness (QED) is 0.807. The lowest BCUT2D eigenvalue weighted by molar-refractivity contribution is -0.123. The molecule has 0 bridgehead atoms. The highest BCUT2D eigenvalue weighted by atomic mass is 35.5. The standard InChI is InChI=1S/C19H18ClNO4S/c1-11-2-7-15-13(8-11)9-16(26-15)19(24)25-10-17(22)21-18(23)12-3-5-14(20)6-4-12/h3-6,9,11H,2,7-8,10H2,1H3,(H,21,22,23). The minimum Gasteiger partial charge on any atom is -0.451 e. The molecule has 0 aliphatic heterocycles. The van der Waals surface area contributed by atoms with Crippen LogP contribution in [0.5, 0.6) is 0 Å². The highest BCUT2D eigenvalue weighted by Gasteiger charge is 2.22. The summed E-state index contributed by atoms with van der Waals surface area (Å²) in [7, 11) is 0. The summed E-state index contributed by atoms with van der Waals surface area (Å²) in [5.41, 5.74) is 1.50. The highest BCUT2D eigenvalue weighted by molar-refractivity contribution is 7.14. The van der Waals surface area contributed by atoms with Crippen molar-refractivity contribution in [2.24, 2.45) is 5.92 Å². The molecule has 1 aromatic carbocycles. The number of thiophene rings is 1. The van der Waals surface area contributed by atoms with Crippen LogP contribution in [0, 0.1) is 5.92 Å². The number of aryl methyl sites for hydroxylation is 1. The SMILES string of the molecule is CC1CCc2sc(C(=O)OCC(=O)NC(=O)c3ccc(Cl)cc3)cc2C1. The van der Waals surface area contributed by atoms with Crippen molar-refractivity contribution in [3.8, 4) is 0 Å². The molecule has 1 N–H and O–H groups in total. The van der Waals surface area contributed by atoms with Gasteiger partial charge >= 0.3 is 5.97 Å². The third-order valence-corrected chi connectivity index (χ3v) is 5.69. The molecule has 1 aromatic heterocycles. The predicted octanol–water partition coefficient (Wildman–Crippen LogP) is 3.64. The van der Waals surface area contributed by atoms with Gasteiger partial charge in [-0.3, -0.25) is 14.9 Å². The fraction of sp³-hybridized carbons (Fsp3) is 0.316. The Balaban J connectivity index is 1.52. The number of nitrogens with one attached hydrogen (secondary N) is 1. The zero-order chi connectivity index (χ0) is 18.7. The Bertz CT molecular complexity index is 844. The molecule has 0 spiro atoms. The summed E-state index contributed by atoms with van der Waals surface area (Å²) in [6.45, 7) is 1.69. The first-order valence-corrected chi connectivity index (χ1v) is 9.50. The molecule has 1 unspecified atom stereocenters. The number of halogens is 1. The average Bonchev–Trinajstić information content (AvgIpc) is 3.03. The molecule has 0 radical (unpaired) electrons. The number of hydrogen-bond donors (Lipinski definition) is 1. The van der Waals surface area contributed by atoms with Crippen molar-refractivity contribution >= 4 is 40.7 Å². The van der Waals surface area contributed by atoms with Gasteiger partial charge in [0.2, 0.25) is 0 Å². The lowest BCUT2D eigenvalue weighted by atomic mass is 9.90. The van der Waals surface area contributed by atoms with Gasteiger partial charge in [0, 0.05) is 15.5 Å². The molecule has 5 nitrogen and oxygen atoms in total. The molecular formula is C19H18ClNO4S. The van der Waals surface area contributed by atoms with Gasteiger partial charge in [-0.1, -0.05) is 18.5 Å². The number of hydrogen-bond acceptors (Lipinski definition) is 5. The molecule has 0 saturated carbocycles. The van der Waals surface area contributed by atoms with Gasteiger partial charge < -0.3 is 4.74 Å². The van der Waals surface area contributed by atoms with E-state index in [0.717, 1.165) is 19.3 Å². The van der Waals surface area contributed by atoms with E-state index >= 15 is 0 Å². The highest BCUT2D eigenvalue weighted by Crippen LogP contribution is 2.32. The van der Waals surface area contributed by atoms with E-state index in [4.69, 9.17) is 16.3 Å². The maximum absolute atomic E-state index is 12.2. The molecule has 3 rings (SSSR count). The zero-order valence-corrected chi connectivity index (χ0v) is 15.8. The molecule has 0 fully saturated rings. The van der Waals surface area contributed by atoms with Crippen molar-refractivity contribution in [1.29, 1.82) is 0 Å². The van der Waals surface area contributed by atoms with Gasteiger partial charge in [-0.2, -0.15) is 0 Å². The number of rotatable bonds is 4. The molecule has 1 atom stereocenters. The minimum atomic E-state index is -0.673. The van der Waals surface area contributed by atoms with Gasteiger partial charge in [-0.15, -0.1) is 11.3 Å². The average molecular weight is 392 g/mol. The summed E-state index contributed by atoms with van der Waals surface area (Å²) in [5, 5.41) is 2.68. The largest absolute Gasteiger partial charge is 0.451 e. The van der Waals surface area contributed by atoms with Crippen molar-refractivity contribution in [3.05, 3.63) is 56.2 Å². The molecule has 2 amide bonds. The Labute approximate surface area is 160 Å². The lowest BCUT2D eigenvalue weighted by Gasteiger charge is -2.16. The third kappa shape index (κ3) is 4.51. The van der Waals surface area contributed by atoms with E-state index in [1.165, 1.54) is 33.9 Å². The van der Waals surface area contributed by atoms with Crippen molar-refractivity contribution in [2.75, 3.05) is 6.61 Å². The van der Waals surface area contributed by atoms with Gasteiger partial charge in [-0.05, 0) is 61.1 Å². The summed E-state index contributed by atoms with van der Waals surface area (Å²) in [4.78, 5) is 37.6. The van der Waals surface area contributed by atoms with Gasteiger partial charge in [0.1, 0.15) is 4.88 Å². The molecular weight excluding hydrogens is 374 g/mol. The van der Waals surface area contributed by atoms with Crippen molar-refractivity contribution in [3.63, 3.8) is 0 Å². The van der Waals surface area contributed by atoms with Crippen LogP contribution in [-0.4, -0.2) is 24.4 Å². The van der Waals surface area contributed by atoms with Crippen LogP contribution in [0.1, 0.15) is 43.8 Å².